The standard InChI is InChI=1S/C24H29Cl3FN3O4S/c1-6-20(23(33)29-24(2,3)4)30(13-15-7-9-16(28)10-8-15)22(32)14-31(36(5,34)35)21-12-18(26)17(25)11-19(21)27/h7-12,20H,6,13-14H2,1-5H3,(H,29,33)/t20-/m0/s1. The number of nitrogens with zero attached hydrogens (tertiary/aromatic N) is 2. The fraction of sp³-hybridized carbons (Fsp3) is 0.417. The van der Waals surface area contributed by atoms with Crippen molar-refractivity contribution < 1.29 is 22.4 Å². The second kappa shape index (κ2) is 12.0. The first-order valence-electron chi connectivity index (χ1n) is 11.0. The Bertz CT molecular complexity index is 1220. The summed E-state index contributed by atoms with van der Waals surface area (Å²) in [5, 5.41) is 3.01. The highest BCUT2D eigenvalue weighted by atomic mass is 35.5. The summed E-state index contributed by atoms with van der Waals surface area (Å²) in [5.74, 6) is -1.52. The van der Waals surface area contributed by atoms with Gasteiger partial charge in [-0.25, -0.2) is 12.8 Å². The minimum atomic E-state index is -4.01. The topological polar surface area (TPSA) is 86.8 Å². The Morgan fingerprint density at radius 2 is 1.58 bits per heavy atom. The Kier molecular flexibility index (Phi) is 10.0. The Hall–Kier alpha value is -2.07. The highest BCUT2D eigenvalue weighted by molar-refractivity contribution is 7.92. The lowest BCUT2D eigenvalue weighted by Gasteiger charge is -2.34. The number of anilines is 1. The van der Waals surface area contributed by atoms with Gasteiger partial charge in [-0.05, 0) is 57.0 Å². The molecule has 0 aliphatic rings. The molecule has 0 saturated heterocycles. The lowest BCUT2D eigenvalue weighted by Crippen LogP contribution is -2.55. The van der Waals surface area contributed by atoms with E-state index in [1.165, 1.54) is 41.3 Å². The van der Waals surface area contributed by atoms with Crippen LogP contribution in [0.25, 0.3) is 0 Å². The molecule has 0 aliphatic heterocycles. The molecule has 2 aromatic carbocycles. The van der Waals surface area contributed by atoms with E-state index < -0.39 is 45.8 Å². The molecule has 2 amide bonds. The number of benzene rings is 2. The summed E-state index contributed by atoms with van der Waals surface area (Å²) in [6, 6.07) is 7.09. The maximum absolute atomic E-state index is 13.6. The maximum Gasteiger partial charge on any atom is 0.244 e. The number of carbonyl (C=O) groups is 2. The van der Waals surface area contributed by atoms with Crippen molar-refractivity contribution in [1.82, 2.24) is 10.2 Å². The average Bonchev–Trinajstić information content (AvgIpc) is 2.74. The highest BCUT2D eigenvalue weighted by Crippen LogP contribution is 2.35. The molecule has 2 aromatic rings. The quantitative estimate of drug-likeness (QED) is 0.409. The molecule has 0 bridgehead atoms. The van der Waals surface area contributed by atoms with Gasteiger partial charge in [0.05, 0.1) is 27.0 Å². The first-order chi connectivity index (χ1) is 16.5. The highest BCUT2D eigenvalue weighted by Gasteiger charge is 2.33. The summed E-state index contributed by atoms with van der Waals surface area (Å²) in [5.41, 5.74) is -0.0392. The third kappa shape index (κ3) is 8.23. The van der Waals surface area contributed by atoms with Crippen LogP contribution in [0.2, 0.25) is 15.1 Å². The van der Waals surface area contributed by atoms with Crippen LogP contribution in [0, 0.1) is 5.82 Å². The summed E-state index contributed by atoms with van der Waals surface area (Å²) in [6.07, 6.45) is 1.17. The zero-order valence-corrected chi connectivity index (χ0v) is 23.7. The van der Waals surface area contributed by atoms with Crippen LogP contribution in [-0.2, 0) is 26.2 Å². The van der Waals surface area contributed by atoms with E-state index in [1.54, 1.807) is 27.7 Å². The van der Waals surface area contributed by atoms with Crippen LogP contribution < -0.4 is 9.62 Å². The molecule has 36 heavy (non-hydrogen) atoms. The smallest absolute Gasteiger partial charge is 0.244 e. The van der Waals surface area contributed by atoms with Gasteiger partial charge in [-0.2, -0.15) is 0 Å². The normalized spacial score (nSPS) is 12.7. The maximum atomic E-state index is 13.6. The zero-order valence-electron chi connectivity index (χ0n) is 20.6. The van der Waals surface area contributed by atoms with Crippen LogP contribution in [0.15, 0.2) is 36.4 Å². The van der Waals surface area contributed by atoms with Gasteiger partial charge in [-0.1, -0.05) is 53.9 Å². The summed E-state index contributed by atoms with van der Waals surface area (Å²) in [7, 11) is -4.01. The molecule has 0 heterocycles. The van der Waals surface area contributed by atoms with E-state index in [0.717, 1.165) is 10.6 Å². The minimum Gasteiger partial charge on any atom is -0.350 e. The van der Waals surface area contributed by atoms with E-state index in [4.69, 9.17) is 34.8 Å². The minimum absolute atomic E-state index is 0.0229. The molecule has 0 aliphatic carbocycles. The van der Waals surface area contributed by atoms with Gasteiger partial charge in [0.2, 0.25) is 21.8 Å². The largest absolute Gasteiger partial charge is 0.350 e. The molecular weight excluding hydrogens is 552 g/mol. The Morgan fingerprint density at radius 3 is 2.08 bits per heavy atom. The Labute approximate surface area is 226 Å². The lowest BCUT2D eigenvalue weighted by molar-refractivity contribution is -0.141. The van der Waals surface area contributed by atoms with E-state index >= 15 is 0 Å². The molecule has 0 aromatic heterocycles. The predicted molar refractivity (Wildman–Crippen MR) is 143 cm³/mol. The first kappa shape index (κ1) is 30.2. The molecule has 2 rings (SSSR count). The van der Waals surface area contributed by atoms with Crippen LogP contribution >= 0.6 is 34.8 Å². The molecule has 1 N–H and O–H groups in total. The van der Waals surface area contributed by atoms with Gasteiger partial charge in [0.15, 0.2) is 0 Å². The van der Waals surface area contributed by atoms with Crippen molar-refractivity contribution in [2.24, 2.45) is 0 Å². The van der Waals surface area contributed by atoms with E-state index in [1.807, 2.05) is 0 Å². The number of hydrogen-bond acceptors (Lipinski definition) is 4. The van der Waals surface area contributed by atoms with Crippen molar-refractivity contribution in [3.8, 4) is 0 Å². The van der Waals surface area contributed by atoms with Crippen molar-refractivity contribution in [1.29, 1.82) is 0 Å². The molecule has 0 unspecified atom stereocenters. The van der Waals surface area contributed by atoms with Crippen molar-refractivity contribution in [2.45, 2.75) is 52.2 Å². The summed E-state index contributed by atoms with van der Waals surface area (Å²) >= 11 is 18.3. The molecule has 7 nitrogen and oxygen atoms in total. The third-order valence-corrected chi connectivity index (χ3v) is 7.24. The fourth-order valence-corrected chi connectivity index (χ4v) is 5.00. The molecule has 198 valence electrons. The molecule has 0 spiro atoms. The molecule has 0 saturated carbocycles. The van der Waals surface area contributed by atoms with E-state index in [-0.39, 0.29) is 33.7 Å². The van der Waals surface area contributed by atoms with Gasteiger partial charge in [0, 0.05) is 12.1 Å². The first-order valence-corrected chi connectivity index (χ1v) is 14.0. The van der Waals surface area contributed by atoms with Crippen LogP contribution in [0.3, 0.4) is 0 Å². The molecular formula is C24H29Cl3FN3O4S. The number of sulfonamides is 1. The Morgan fingerprint density at radius 1 is 1.03 bits per heavy atom. The van der Waals surface area contributed by atoms with Crippen molar-refractivity contribution in [3.63, 3.8) is 0 Å². The molecule has 0 radical (unpaired) electrons. The number of nitrogens with one attached hydrogen (secondary N) is 1. The average molecular weight is 581 g/mol. The monoisotopic (exact) mass is 579 g/mol. The van der Waals surface area contributed by atoms with E-state index in [2.05, 4.69) is 5.32 Å². The fourth-order valence-electron chi connectivity index (χ4n) is 3.46. The Balaban J connectivity index is 2.52. The van der Waals surface area contributed by atoms with Crippen molar-refractivity contribution in [2.75, 3.05) is 17.1 Å². The van der Waals surface area contributed by atoms with Crippen molar-refractivity contribution >= 4 is 62.3 Å². The van der Waals surface area contributed by atoms with Crippen molar-refractivity contribution in [3.05, 3.63) is 62.8 Å². The SMILES string of the molecule is CC[C@@H](C(=O)NC(C)(C)C)N(Cc1ccc(F)cc1)C(=O)CN(c1cc(Cl)c(Cl)cc1Cl)S(C)(=O)=O. The van der Waals surface area contributed by atoms with Crippen LogP contribution in [0.4, 0.5) is 10.1 Å². The number of halogens is 4. The number of hydrogen-bond donors (Lipinski definition) is 1. The van der Waals surface area contributed by atoms with Crippen LogP contribution in [0.1, 0.15) is 39.7 Å². The summed E-state index contributed by atoms with van der Waals surface area (Å²) in [4.78, 5) is 28.0. The van der Waals surface area contributed by atoms with Gasteiger partial charge >= 0.3 is 0 Å². The van der Waals surface area contributed by atoms with Gasteiger partial charge in [0.25, 0.3) is 0 Å². The molecule has 12 heteroatoms. The summed E-state index contributed by atoms with van der Waals surface area (Å²) in [6.45, 7) is 6.45. The summed E-state index contributed by atoms with van der Waals surface area (Å²) < 4.78 is 39.7. The lowest BCUT2D eigenvalue weighted by atomic mass is 10.1. The number of amides is 2. The third-order valence-electron chi connectivity index (χ3n) is 5.09. The molecule has 1 atom stereocenters. The van der Waals surface area contributed by atoms with Crippen LogP contribution in [-0.4, -0.2) is 49.5 Å². The van der Waals surface area contributed by atoms with E-state index in [0.29, 0.717) is 5.56 Å². The van der Waals surface area contributed by atoms with Crippen LogP contribution in [0.5, 0.6) is 0 Å². The number of carbonyl (C=O) groups excluding carboxylic acids is 2. The van der Waals surface area contributed by atoms with Gasteiger partial charge < -0.3 is 10.2 Å². The van der Waals surface area contributed by atoms with Gasteiger partial charge in [-0.15, -0.1) is 0 Å². The second-order valence-electron chi connectivity index (χ2n) is 9.30. The van der Waals surface area contributed by atoms with Gasteiger partial charge in [0.1, 0.15) is 18.4 Å². The predicted octanol–water partition coefficient (Wildman–Crippen LogP) is 5.27. The molecule has 0 fully saturated rings. The number of rotatable bonds is 9. The van der Waals surface area contributed by atoms with E-state index in [9.17, 15) is 22.4 Å². The zero-order chi connectivity index (χ0) is 27.4. The van der Waals surface area contributed by atoms with Gasteiger partial charge in [-0.3, -0.25) is 13.9 Å². The second-order valence-corrected chi connectivity index (χ2v) is 12.4.